The lowest BCUT2D eigenvalue weighted by Gasteiger charge is -2.37. The molecule has 1 aliphatic heterocycles. The van der Waals surface area contributed by atoms with E-state index in [4.69, 9.17) is 11.5 Å². The number of hydrogen-bond donors (Lipinski definition) is 2. The highest BCUT2D eigenvalue weighted by atomic mass is 19.4. The van der Waals surface area contributed by atoms with Gasteiger partial charge in [0.05, 0.1) is 11.1 Å². The Morgan fingerprint density at radius 2 is 2.05 bits per heavy atom. The van der Waals surface area contributed by atoms with E-state index in [-0.39, 0.29) is 6.04 Å². The number of primary amides is 1. The smallest absolute Gasteiger partial charge is 0.367 e. The highest BCUT2D eigenvalue weighted by Crippen LogP contribution is 2.35. The minimum absolute atomic E-state index is 0.0271. The van der Waals surface area contributed by atoms with E-state index >= 15 is 0 Å². The fraction of sp³-hybridized carbons (Fsp3) is 0.500. The van der Waals surface area contributed by atoms with Gasteiger partial charge >= 0.3 is 6.18 Å². The van der Waals surface area contributed by atoms with Crippen LogP contribution in [-0.4, -0.2) is 25.0 Å². The first kappa shape index (κ1) is 15.6. The average Bonchev–Trinajstić information content (AvgIpc) is 2.45. The maximum absolute atomic E-state index is 13.1. The van der Waals surface area contributed by atoms with Gasteiger partial charge in [0.1, 0.15) is 0 Å². The first-order valence-corrected chi connectivity index (χ1v) is 6.82. The first-order valence-electron chi connectivity index (χ1n) is 6.82. The zero-order chi connectivity index (χ0) is 15.6. The number of piperidine rings is 1. The molecule has 0 radical (unpaired) electrons. The Morgan fingerprint density at radius 3 is 2.62 bits per heavy atom. The van der Waals surface area contributed by atoms with Gasteiger partial charge in [-0.05, 0) is 37.5 Å². The summed E-state index contributed by atoms with van der Waals surface area (Å²) in [5.74, 6) is -1.08. The second-order valence-electron chi connectivity index (χ2n) is 5.17. The maximum Gasteiger partial charge on any atom is 0.417 e. The summed E-state index contributed by atoms with van der Waals surface area (Å²) >= 11 is 0. The van der Waals surface area contributed by atoms with Crippen LogP contribution in [0.5, 0.6) is 0 Å². The lowest BCUT2D eigenvalue weighted by Crippen LogP contribution is -2.44. The highest BCUT2D eigenvalue weighted by Gasteiger charge is 2.36. The van der Waals surface area contributed by atoms with Gasteiger partial charge in [-0.15, -0.1) is 0 Å². The number of benzene rings is 1. The number of anilines is 1. The third-order valence-electron chi connectivity index (χ3n) is 3.80. The topological polar surface area (TPSA) is 72.3 Å². The second kappa shape index (κ2) is 5.93. The highest BCUT2D eigenvalue weighted by molar-refractivity contribution is 5.95. The van der Waals surface area contributed by atoms with Crippen molar-refractivity contribution in [1.29, 1.82) is 0 Å². The molecular formula is C14H18F3N3O. The van der Waals surface area contributed by atoms with E-state index < -0.39 is 23.2 Å². The zero-order valence-electron chi connectivity index (χ0n) is 11.5. The number of amides is 1. The summed E-state index contributed by atoms with van der Waals surface area (Å²) in [6.07, 6.45) is -1.83. The molecule has 1 unspecified atom stereocenters. The Balaban J connectivity index is 2.44. The number of rotatable bonds is 3. The van der Waals surface area contributed by atoms with Gasteiger partial charge in [0.2, 0.25) is 5.91 Å². The van der Waals surface area contributed by atoms with Gasteiger partial charge in [0.15, 0.2) is 0 Å². The summed E-state index contributed by atoms with van der Waals surface area (Å²) in [4.78, 5) is 13.0. The van der Waals surface area contributed by atoms with Crippen LogP contribution in [0.15, 0.2) is 18.2 Å². The largest absolute Gasteiger partial charge is 0.417 e. The molecule has 0 aromatic heterocycles. The van der Waals surface area contributed by atoms with Crippen molar-refractivity contribution in [2.24, 2.45) is 11.5 Å². The molecule has 2 rings (SSSR count). The lowest BCUT2D eigenvalue weighted by atomic mass is 9.99. The van der Waals surface area contributed by atoms with Crippen LogP contribution in [-0.2, 0) is 6.18 Å². The molecule has 4 nitrogen and oxygen atoms in total. The van der Waals surface area contributed by atoms with Crippen LogP contribution in [0.1, 0.15) is 35.2 Å². The van der Waals surface area contributed by atoms with Crippen molar-refractivity contribution in [2.75, 3.05) is 18.0 Å². The molecule has 1 aromatic carbocycles. The van der Waals surface area contributed by atoms with E-state index in [1.54, 1.807) is 0 Å². The second-order valence-corrected chi connectivity index (χ2v) is 5.17. The monoisotopic (exact) mass is 301 g/mol. The van der Waals surface area contributed by atoms with Crippen LogP contribution in [0.25, 0.3) is 0 Å². The van der Waals surface area contributed by atoms with Gasteiger partial charge in [-0.3, -0.25) is 4.79 Å². The average molecular weight is 301 g/mol. The molecule has 7 heteroatoms. The number of nitrogens with two attached hydrogens (primary N) is 2. The number of carbonyl (C=O) groups is 1. The molecule has 4 N–H and O–H groups in total. The van der Waals surface area contributed by atoms with Gasteiger partial charge in [-0.25, -0.2) is 0 Å². The van der Waals surface area contributed by atoms with Crippen molar-refractivity contribution in [1.82, 2.24) is 0 Å². The third-order valence-corrected chi connectivity index (χ3v) is 3.80. The normalized spacial score (nSPS) is 19.6. The molecule has 1 aromatic rings. The molecule has 1 saturated heterocycles. The van der Waals surface area contributed by atoms with Crippen molar-refractivity contribution in [2.45, 2.75) is 31.5 Å². The van der Waals surface area contributed by atoms with Crippen molar-refractivity contribution in [3.05, 3.63) is 29.3 Å². The van der Waals surface area contributed by atoms with Gasteiger partial charge in [0, 0.05) is 24.8 Å². The van der Waals surface area contributed by atoms with E-state index in [2.05, 4.69) is 0 Å². The number of halogens is 3. The van der Waals surface area contributed by atoms with E-state index in [9.17, 15) is 18.0 Å². The summed E-state index contributed by atoms with van der Waals surface area (Å²) in [7, 11) is 0. The number of hydrogen-bond acceptors (Lipinski definition) is 3. The minimum Gasteiger partial charge on any atom is -0.367 e. The Labute approximate surface area is 120 Å². The Kier molecular flexibility index (Phi) is 4.41. The summed E-state index contributed by atoms with van der Waals surface area (Å²) in [6, 6.07) is 3.67. The molecule has 1 atom stereocenters. The molecule has 0 bridgehead atoms. The predicted octanol–water partition coefficient (Wildman–Crippen LogP) is 2.12. The Morgan fingerprint density at radius 1 is 1.33 bits per heavy atom. The number of alkyl halides is 3. The van der Waals surface area contributed by atoms with E-state index in [0.29, 0.717) is 18.8 Å². The molecule has 1 aliphatic rings. The Bertz CT molecular complexity index is 531. The molecule has 1 fully saturated rings. The molecular weight excluding hydrogens is 283 g/mol. The maximum atomic E-state index is 13.1. The standard InChI is InChI=1S/C14H18F3N3O/c15-14(16,17)12-7-9(4-5-11(12)13(19)21)20-6-2-1-3-10(20)8-18/h4-5,7,10H,1-3,6,8,18H2,(H2,19,21). The van der Waals surface area contributed by atoms with Crippen LogP contribution in [0.2, 0.25) is 0 Å². The Hall–Kier alpha value is -1.76. The van der Waals surface area contributed by atoms with Gasteiger partial charge < -0.3 is 16.4 Å². The number of carbonyl (C=O) groups excluding carboxylic acids is 1. The van der Waals surface area contributed by atoms with Crippen molar-refractivity contribution in [3.63, 3.8) is 0 Å². The molecule has 1 heterocycles. The third kappa shape index (κ3) is 3.29. The van der Waals surface area contributed by atoms with Gasteiger partial charge in [-0.2, -0.15) is 13.2 Å². The fourth-order valence-electron chi connectivity index (χ4n) is 2.75. The quantitative estimate of drug-likeness (QED) is 0.898. The molecule has 1 amide bonds. The molecule has 0 spiro atoms. The van der Waals surface area contributed by atoms with Crippen LogP contribution in [0.4, 0.5) is 18.9 Å². The molecule has 0 aliphatic carbocycles. The summed E-state index contributed by atoms with van der Waals surface area (Å²) in [5.41, 5.74) is 9.65. The van der Waals surface area contributed by atoms with Crippen molar-refractivity contribution >= 4 is 11.6 Å². The zero-order valence-corrected chi connectivity index (χ0v) is 11.5. The predicted molar refractivity (Wildman–Crippen MR) is 74.0 cm³/mol. The molecule has 0 saturated carbocycles. The SMILES string of the molecule is NCC1CCCCN1c1ccc(C(N)=O)c(C(F)(F)F)c1. The molecule has 21 heavy (non-hydrogen) atoms. The summed E-state index contributed by atoms with van der Waals surface area (Å²) < 4.78 is 39.3. The van der Waals surface area contributed by atoms with Crippen LogP contribution in [0, 0.1) is 0 Å². The molecule has 116 valence electrons. The van der Waals surface area contributed by atoms with Crippen molar-refractivity contribution < 1.29 is 18.0 Å². The van der Waals surface area contributed by atoms with Crippen LogP contribution >= 0.6 is 0 Å². The lowest BCUT2D eigenvalue weighted by molar-refractivity contribution is -0.137. The van der Waals surface area contributed by atoms with E-state index in [1.165, 1.54) is 6.07 Å². The summed E-state index contributed by atoms with van der Waals surface area (Å²) in [5, 5.41) is 0. The van der Waals surface area contributed by atoms with E-state index in [0.717, 1.165) is 31.4 Å². The first-order chi connectivity index (χ1) is 9.84. The van der Waals surface area contributed by atoms with E-state index in [1.807, 2.05) is 4.90 Å². The van der Waals surface area contributed by atoms with Gasteiger partial charge in [-0.1, -0.05) is 0 Å². The van der Waals surface area contributed by atoms with Crippen LogP contribution < -0.4 is 16.4 Å². The summed E-state index contributed by atoms with van der Waals surface area (Å²) in [6.45, 7) is 1.05. The van der Waals surface area contributed by atoms with Crippen molar-refractivity contribution in [3.8, 4) is 0 Å². The fourth-order valence-corrected chi connectivity index (χ4v) is 2.75. The number of nitrogens with zero attached hydrogens (tertiary/aromatic N) is 1. The van der Waals surface area contributed by atoms with Gasteiger partial charge in [0.25, 0.3) is 0 Å². The minimum atomic E-state index is -4.62. The van der Waals surface area contributed by atoms with Crippen LogP contribution in [0.3, 0.4) is 0 Å².